The van der Waals surface area contributed by atoms with Crippen LogP contribution in [-0.2, 0) is 0 Å². The van der Waals surface area contributed by atoms with Gasteiger partial charge in [-0.25, -0.2) is 9.37 Å². The van der Waals surface area contributed by atoms with E-state index in [0.717, 1.165) is 49.3 Å². The molecule has 1 aromatic heterocycles. The van der Waals surface area contributed by atoms with Gasteiger partial charge in [-0.15, -0.1) is 0 Å². The highest BCUT2D eigenvalue weighted by Crippen LogP contribution is 2.23. The van der Waals surface area contributed by atoms with Gasteiger partial charge < -0.3 is 15.1 Å². The Labute approximate surface area is 164 Å². The molecule has 1 N–H and O–H groups in total. The summed E-state index contributed by atoms with van der Waals surface area (Å²) >= 11 is 0. The summed E-state index contributed by atoms with van der Waals surface area (Å²) in [5.74, 6) is 1.32. The summed E-state index contributed by atoms with van der Waals surface area (Å²) in [4.78, 5) is 13.6. The SMILES string of the molecule is Cc1ccc(C)c(Nc2ccnc(N3CCN(c4ccc(F)cc4)CC3)n2)c1. The minimum Gasteiger partial charge on any atom is -0.368 e. The molecule has 0 saturated carbocycles. The minimum absolute atomic E-state index is 0.205. The zero-order valence-corrected chi connectivity index (χ0v) is 16.2. The van der Waals surface area contributed by atoms with E-state index in [0.29, 0.717) is 0 Å². The molecular formula is C22H24FN5. The Morgan fingerprint density at radius 2 is 1.61 bits per heavy atom. The number of piperazine rings is 1. The fraction of sp³-hybridized carbons (Fsp3) is 0.273. The van der Waals surface area contributed by atoms with Gasteiger partial charge in [0.15, 0.2) is 0 Å². The van der Waals surface area contributed by atoms with Gasteiger partial charge in [-0.2, -0.15) is 4.98 Å². The van der Waals surface area contributed by atoms with Gasteiger partial charge in [0.25, 0.3) is 0 Å². The number of nitrogens with one attached hydrogen (secondary N) is 1. The maximum Gasteiger partial charge on any atom is 0.227 e. The van der Waals surface area contributed by atoms with E-state index in [4.69, 9.17) is 4.98 Å². The van der Waals surface area contributed by atoms with Gasteiger partial charge in [0.05, 0.1) is 0 Å². The Balaban J connectivity index is 1.43. The second-order valence-corrected chi connectivity index (χ2v) is 7.14. The number of anilines is 4. The van der Waals surface area contributed by atoms with E-state index in [1.165, 1.54) is 23.3 Å². The maximum atomic E-state index is 13.1. The molecule has 0 amide bonds. The van der Waals surface area contributed by atoms with Crippen molar-refractivity contribution in [2.24, 2.45) is 0 Å². The lowest BCUT2D eigenvalue weighted by molar-refractivity contribution is 0.623. The summed E-state index contributed by atoms with van der Waals surface area (Å²) in [6.07, 6.45) is 1.79. The number of aromatic nitrogens is 2. The number of hydrogen-bond donors (Lipinski definition) is 1. The van der Waals surface area contributed by atoms with Gasteiger partial charge >= 0.3 is 0 Å². The normalized spacial score (nSPS) is 14.2. The first-order chi connectivity index (χ1) is 13.6. The van der Waals surface area contributed by atoms with Crippen molar-refractivity contribution >= 4 is 23.1 Å². The van der Waals surface area contributed by atoms with Crippen molar-refractivity contribution in [1.82, 2.24) is 9.97 Å². The Bertz CT molecular complexity index is 949. The van der Waals surface area contributed by atoms with Crippen molar-refractivity contribution in [3.63, 3.8) is 0 Å². The molecule has 1 aliphatic rings. The molecule has 3 aromatic rings. The van der Waals surface area contributed by atoms with Crippen LogP contribution in [0.4, 0.5) is 27.5 Å². The molecule has 144 valence electrons. The third-order valence-corrected chi connectivity index (χ3v) is 5.05. The fourth-order valence-corrected chi connectivity index (χ4v) is 3.40. The van der Waals surface area contributed by atoms with Gasteiger partial charge in [-0.05, 0) is 61.4 Å². The lowest BCUT2D eigenvalue weighted by Crippen LogP contribution is -2.47. The molecule has 4 rings (SSSR count). The topological polar surface area (TPSA) is 44.3 Å². The Kier molecular flexibility index (Phi) is 5.10. The first-order valence-electron chi connectivity index (χ1n) is 9.51. The number of aryl methyl sites for hydroxylation is 2. The molecule has 0 atom stereocenters. The van der Waals surface area contributed by atoms with Crippen LogP contribution < -0.4 is 15.1 Å². The van der Waals surface area contributed by atoms with Crippen LogP contribution in [0.15, 0.2) is 54.7 Å². The number of hydrogen-bond acceptors (Lipinski definition) is 5. The number of benzene rings is 2. The summed E-state index contributed by atoms with van der Waals surface area (Å²) in [6.45, 7) is 7.51. The second-order valence-electron chi connectivity index (χ2n) is 7.14. The van der Waals surface area contributed by atoms with E-state index in [1.54, 1.807) is 6.20 Å². The predicted octanol–water partition coefficient (Wildman–Crippen LogP) is 4.30. The number of nitrogens with zero attached hydrogens (tertiary/aromatic N) is 4. The molecule has 5 nitrogen and oxygen atoms in total. The molecule has 2 aromatic carbocycles. The van der Waals surface area contributed by atoms with Crippen molar-refractivity contribution in [1.29, 1.82) is 0 Å². The van der Waals surface area contributed by atoms with Crippen LogP contribution in [0.3, 0.4) is 0 Å². The molecule has 2 heterocycles. The van der Waals surface area contributed by atoms with Crippen LogP contribution in [0.1, 0.15) is 11.1 Å². The van der Waals surface area contributed by atoms with Crippen LogP contribution in [0.5, 0.6) is 0 Å². The second kappa shape index (κ2) is 7.84. The molecule has 1 aliphatic heterocycles. The van der Waals surface area contributed by atoms with Gasteiger partial charge in [-0.3, -0.25) is 0 Å². The van der Waals surface area contributed by atoms with E-state index in [2.05, 4.69) is 52.1 Å². The molecule has 0 bridgehead atoms. The summed E-state index contributed by atoms with van der Waals surface area (Å²) in [5, 5.41) is 3.41. The highest BCUT2D eigenvalue weighted by molar-refractivity contribution is 5.62. The van der Waals surface area contributed by atoms with Crippen molar-refractivity contribution in [2.45, 2.75) is 13.8 Å². The first kappa shape index (κ1) is 18.2. The van der Waals surface area contributed by atoms with Gasteiger partial charge in [0.1, 0.15) is 11.6 Å². The number of rotatable bonds is 4. The lowest BCUT2D eigenvalue weighted by Gasteiger charge is -2.36. The van der Waals surface area contributed by atoms with Crippen LogP contribution in [0.2, 0.25) is 0 Å². The Morgan fingerprint density at radius 3 is 2.36 bits per heavy atom. The van der Waals surface area contributed by atoms with E-state index < -0.39 is 0 Å². The summed E-state index contributed by atoms with van der Waals surface area (Å²) in [5.41, 5.74) is 4.50. The quantitative estimate of drug-likeness (QED) is 0.734. The Morgan fingerprint density at radius 1 is 0.893 bits per heavy atom. The van der Waals surface area contributed by atoms with Crippen molar-refractivity contribution in [3.05, 3.63) is 71.7 Å². The third kappa shape index (κ3) is 4.06. The average molecular weight is 377 g/mol. The number of halogens is 1. The fourth-order valence-electron chi connectivity index (χ4n) is 3.40. The largest absolute Gasteiger partial charge is 0.368 e. The first-order valence-corrected chi connectivity index (χ1v) is 9.51. The van der Waals surface area contributed by atoms with Crippen molar-refractivity contribution in [2.75, 3.05) is 41.3 Å². The lowest BCUT2D eigenvalue weighted by atomic mass is 10.1. The van der Waals surface area contributed by atoms with Gasteiger partial charge in [-0.1, -0.05) is 12.1 Å². The minimum atomic E-state index is -0.205. The van der Waals surface area contributed by atoms with Crippen LogP contribution in [-0.4, -0.2) is 36.1 Å². The monoisotopic (exact) mass is 377 g/mol. The van der Waals surface area contributed by atoms with E-state index >= 15 is 0 Å². The summed E-state index contributed by atoms with van der Waals surface area (Å²) < 4.78 is 13.1. The summed E-state index contributed by atoms with van der Waals surface area (Å²) in [6, 6.07) is 14.9. The van der Waals surface area contributed by atoms with E-state index in [9.17, 15) is 4.39 Å². The molecule has 0 spiro atoms. The van der Waals surface area contributed by atoms with Gasteiger partial charge in [0.2, 0.25) is 5.95 Å². The predicted molar refractivity (Wildman–Crippen MR) is 112 cm³/mol. The standard InChI is InChI=1S/C22H24FN5/c1-16-3-4-17(2)20(15-16)25-21-9-10-24-22(26-21)28-13-11-27(12-14-28)19-7-5-18(23)6-8-19/h3-10,15H,11-14H2,1-2H3,(H,24,25,26). The maximum absolute atomic E-state index is 13.1. The van der Waals surface area contributed by atoms with Crippen LogP contribution in [0.25, 0.3) is 0 Å². The molecule has 6 heteroatoms. The molecule has 0 radical (unpaired) electrons. The molecule has 0 aliphatic carbocycles. The van der Waals surface area contributed by atoms with Crippen molar-refractivity contribution in [3.8, 4) is 0 Å². The smallest absolute Gasteiger partial charge is 0.227 e. The van der Waals surface area contributed by atoms with Crippen molar-refractivity contribution < 1.29 is 4.39 Å². The zero-order valence-electron chi connectivity index (χ0n) is 16.2. The highest BCUT2D eigenvalue weighted by Gasteiger charge is 2.19. The van der Waals surface area contributed by atoms with E-state index in [1.807, 2.05) is 18.2 Å². The zero-order chi connectivity index (χ0) is 19.5. The van der Waals surface area contributed by atoms with Crippen LogP contribution >= 0.6 is 0 Å². The molecule has 1 fully saturated rings. The summed E-state index contributed by atoms with van der Waals surface area (Å²) in [7, 11) is 0. The Hall–Kier alpha value is -3.15. The van der Waals surface area contributed by atoms with E-state index in [-0.39, 0.29) is 5.82 Å². The van der Waals surface area contributed by atoms with Crippen LogP contribution in [0, 0.1) is 19.7 Å². The third-order valence-electron chi connectivity index (χ3n) is 5.05. The molecule has 1 saturated heterocycles. The highest BCUT2D eigenvalue weighted by atomic mass is 19.1. The average Bonchev–Trinajstić information content (AvgIpc) is 2.72. The van der Waals surface area contributed by atoms with Gasteiger partial charge in [0, 0.05) is 43.8 Å². The molecular weight excluding hydrogens is 353 g/mol. The molecule has 28 heavy (non-hydrogen) atoms. The molecule has 0 unspecified atom stereocenters.